The van der Waals surface area contributed by atoms with Crippen LogP contribution >= 0.6 is 20.2 Å². The van der Waals surface area contributed by atoms with Gasteiger partial charge in [-0.25, -0.2) is 0 Å². The second kappa shape index (κ2) is 11.2. The Hall–Kier alpha value is -1.67. The van der Waals surface area contributed by atoms with Crippen LogP contribution in [-0.4, -0.2) is 27.6 Å². The molecule has 0 unspecified atom stereocenters. The van der Waals surface area contributed by atoms with E-state index in [1.54, 1.807) is 30.3 Å². The van der Waals surface area contributed by atoms with Crippen molar-refractivity contribution in [3.8, 4) is 9.47 Å². The number of aromatic carboxylic acids is 1. The van der Waals surface area contributed by atoms with Crippen molar-refractivity contribution in [3.63, 3.8) is 0 Å². The molecular formula is C25H33IO5SSi. The summed E-state index contributed by atoms with van der Waals surface area (Å²) in [7, 11) is -6.28. The molecule has 0 atom stereocenters. The molecule has 2 rings (SSSR count). The first-order valence-corrected chi connectivity index (χ1v) is 17.6. The van der Waals surface area contributed by atoms with E-state index in [1.165, 1.54) is 18.2 Å². The number of hydrogen-bond donors (Lipinski definition) is 1. The van der Waals surface area contributed by atoms with Gasteiger partial charge in [0.25, 0.3) is 0 Å². The number of aryl methyl sites for hydroxylation is 1. The van der Waals surface area contributed by atoms with Crippen molar-refractivity contribution in [2.24, 2.45) is 0 Å². The zero-order chi connectivity index (χ0) is 25.0. The zero-order valence-electron chi connectivity index (χ0n) is 20.2. The monoisotopic (exact) mass is 600 g/mol. The predicted octanol–water partition coefficient (Wildman–Crippen LogP) is 6.87. The Morgan fingerprint density at radius 3 is 1.94 bits per heavy atom. The van der Waals surface area contributed by atoms with Gasteiger partial charge in [0.15, 0.2) is 0 Å². The van der Waals surface area contributed by atoms with Crippen LogP contribution in [0.2, 0.25) is 16.6 Å². The third-order valence-electron chi connectivity index (χ3n) is 5.96. The van der Waals surface area contributed by atoms with Gasteiger partial charge in [-0.15, -0.1) is 0 Å². The normalized spacial score (nSPS) is 12.6. The number of halogens is 1. The first-order chi connectivity index (χ1) is 15.3. The first-order valence-electron chi connectivity index (χ1n) is 10.9. The number of carboxylic acid groups (broad SMARTS) is 1. The van der Waals surface area contributed by atoms with E-state index >= 15 is 0 Å². The Balaban J connectivity index is 2.69. The molecule has 1 N–H and O–H groups in total. The summed E-state index contributed by atoms with van der Waals surface area (Å²) < 4.78 is 35.7. The summed E-state index contributed by atoms with van der Waals surface area (Å²) in [5, 5.41) is 9.73. The second-order valence-corrected chi connectivity index (χ2v) is 20.3. The first kappa shape index (κ1) is 27.6. The quantitative estimate of drug-likeness (QED) is 0.203. The van der Waals surface area contributed by atoms with Crippen molar-refractivity contribution in [1.82, 2.24) is 0 Å². The van der Waals surface area contributed by atoms with Gasteiger partial charge < -0.3 is 0 Å². The van der Waals surface area contributed by atoms with Crippen LogP contribution in [0.1, 0.15) is 57.5 Å². The molecule has 0 saturated carbocycles. The van der Waals surface area contributed by atoms with Gasteiger partial charge >= 0.3 is 208 Å². The predicted molar refractivity (Wildman–Crippen MR) is 144 cm³/mol. The van der Waals surface area contributed by atoms with Crippen LogP contribution in [0.5, 0.6) is 0 Å². The average molecular weight is 601 g/mol. The van der Waals surface area contributed by atoms with E-state index in [0.29, 0.717) is 20.2 Å². The number of benzene rings is 2. The summed E-state index contributed by atoms with van der Waals surface area (Å²) in [6.45, 7) is 14.9. The van der Waals surface area contributed by atoms with Crippen molar-refractivity contribution in [2.45, 2.75) is 70.0 Å². The average Bonchev–Trinajstić information content (AvgIpc) is 2.72. The van der Waals surface area contributed by atoms with Crippen molar-refractivity contribution < 1.29 is 20.8 Å². The van der Waals surface area contributed by atoms with E-state index in [1.807, 2.05) is 6.92 Å². The fourth-order valence-corrected chi connectivity index (χ4v) is 17.0. The van der Waals surface area contributed by atoms with Crippen molar-refractivity contribution >= 4 is 44.4 Å². The van der Waals surface area contributed by atoms with Crippen LogP contribution in [-0.2, 0) is 12.6 Å². The van der Waals surface area contributed by atoms with Gasteiger partial charge in [0.2, 0.25) is 0 Å². The molecule has 0 aliphatic carbocycles. The summed E-state index contributed by atoms with van der Waals surface area (Å²) >= 11 is -3.24. The molecule has 2 aromatic carbocycles. The van der Waals surface area contributed by atoms with Crippen LogP contribution < -0.4 is 0 Å². The van der Waals surface area contributed by atoms with Crippen LogP contribution in [0.15, 0.2) is 53.4 Å². The van der Waals surface area contributed by atoms with Gasteiger partial charge in [-0.05, 0) is 0 Å². The van der Waals surface area contributed by atoms with Crippen molar-refractivity contribution in [2.75, 3.05) is 0 Å². The van der Waals surface area contributed by atoms with Crippen molar-refractivity contribution in [3.05, 3.63) is 63.2 Å². The SMILES string of the molecule is Cc1ccc(S(=O)(=O)OI(C#C[Si](C(C)C)(C(C)C)C(C)C)c2ccccc2C(=O)O)cc1. The maximum absolute atomic E-state index is 13.1. The Labute approximate surface area is 207 Å². The summed E-state index contributed by atoms with van der Waals surface area (Å²) in [6.07, 6.45) is 0. The molecule has 0 aromatic heterocycles. The third-order valence-corrected chi connectivity index (χ3v) is 19.2. The van der Waals surface area contributed by atoms with Gasteiger partial charge in [0, 0.05) is 0 Å². The van der Waals surface area contributed by atoms with E-state index in [2.05, 4.69) is 51.0 Å². The summed E-state index contributed by atoms with van der Waals surface area (Å²) in [4.78, 5) is 12.0. The van der Waals surface area contributed by atoms with Crippen molar-refractivity contribution in [1.29, 1.82) is 0 Å². The molecule has 0 bridgehead atoms. The van der Waals surface area contributed by atoms with E-state index in [9.17, 15) is 18.3 Å². The molecule has 5 nitrogen and oxygen atoms in total. The van der Waals surface area contributed by atoms with Gasteiger partial charge in [0.05, 0.1) is 0 Å². The number of hydrogen-bond acceptors (Lipinski definition) is 4. The minimum atomic E-state index is -4.11. The van der Waals surface area contributed by atoms with Crippen LogP contribution in [0, 0.1) is 20.0 Å². The molecule has 0 spiro atoms. The zero-order valence-corrected chi connectivity index (χ0v) is 24.2. The summed E-state index contributed by atoms with van der Waals surface area (Å²) in [6, 6.07) is 12.9. The van der Waals surface area contributed by atoms with E-state index in [0.717, 1.165) is 5.56 Å². The summed E-state index contributed by atoms with van der Waals surface area (Å²) in [5.74, 6) is -1.12. The Kier molecular flexibility index (Phi) is 9.33. The van der Waals surface area contributed by atoms with Gasteiger partial charge in [0.1, 0.15) is 0 Å². The van der Waals surface area contributed by atoms with Gasteiger partial charge in [-0.3, -0.25) is 0 Å². The molecule has 0 aliphatic rings. The molecule has 8 heteroatoms. The number of carboxylic acids is 1. The molecule has 0 radical (unpaired) electrons. The van der Waals surface area contributed by atoms with Crippen LogP contribution in [0.25, 0.3) is 0 Å². The number of carbonyl (C=O) groups is 1. The van der Waals surface area contributed by atoms with Gasteiger partial charge in [-0.1, -0.05) is 0 Å². The Bertz CT molecular complexity index is 1120. The molecule has 0 amide bonds. The topological polar surface area (TPSA) is 80.7 Å². The van der Waals surface area contributed by atoms with E-state index in [-0.39, 0.29) is 10.5 Å². The Morgan fingerprint density at radius 1 is 0.939 bits per heavy atom. The Morgan fingerprint density at radius 2 is 1.45 bits per heavy atom. The fraction of sp³-hybridized carbons (Fsp3) is 0.400. The van der Waals surface area contributed by atoms with E-state index in [4.69, 9.17) is 2.51 Å². The second-order valence-electron chi connectivity index (χ2n) is 8.98. The summed E-state index contributed by atoms with van der Waals surface area (Å²) in [5.41, 5.74) is 5.59. The fourth-order valence-electron chi connectivity index (χ4n) is 4.27. The molecule has 180 valence electrons. The molecule has 0 fully saturated rings. The standard InChI is InChI=1S/C25H33IO5SSi/c1-18(2)33(19(3)4,20(5)6)17-16-26(24-11-9-8-10-23(24)25(27)28)31-32(29,30)22-14-12-21(7)13-15-22/h8-15,18-20H,1-7H3,(H,27,28). The third kappa shape index (κ3) is 6.26. The molecule has 33 heavy (non-hydrogen) atoms. The number of rotatable bonds is 8. The molecule has 0 heterocycles. The molecule has 0 aliphatic heterocycles. The molecule has 2 aromatic rings. The van der Waals surface area contributed by atoms with Gasteiger partial charge in [-0.2, -0.15) is 0 Å². The van der Waals surface area contributed by atoms with E-state index < -0.39 is 44.4 Å². The maximum atomic E-state index is 13.1. The minimum absolute atomic E-state index is 0.0435. The molecule has 0 saturated heterocycles. The van der Waals surface area contributed by atoms with Crippen LogP contribution in [0.3, 0.4) is 0 Å². The molecular weight excluding hydrogens is 567 g/mol. The van der Waals surface area contributed by atoms with Crippen LogP contribution in [0.4, 0.5) is 0 Å².